The van der Waals surface area contributed by atoms with Crippen molar-refractivity contribution < 1.29 is 48.0 Å². The molecule has 1 N–H and O–H groups in total. The van der Waals surface area contributed by atoms with Gasteiger partial charge in [0.2, 0.25) is 6.79 Å². The predicted molar refractivity (Wildman–Crippen MR) is 195 cm³/mol. The van der Waals surface area contributed by atoms with Crippen LogP contribution in [-0.2, 0) is 23.8 Å². The van der Waals surface area contributed by atoms with Gasteiger partial charge >= 0.3 is 0 Å². The molecule has 2 saturated heterocycles. The summed E-state index contributed by atoms with van der Waals surface area (Å²) in [7, 11) is 0. The summed E-state index contributed by atoms with van der Waals surface area (Å²) in [5.74, 6) is 3.16. The highest BCUT2D eigenvalue weighted by Crippen LogP contribution is 2.47. The SMILES string of the molecule is CC1c2cc(OCOc3ccc(OCCCCOCC4CO4)cc3)ccc2-c2ccc(C(OO)c3ccc(OCCCCOCC4CO4)cc3)cc21. The Morgan fingerprint density at radius 2 is 1.04 bits per heavy atom. The highest BCUT2D eigenvalue weighted by molar-refractivity contribution is 5.79. The summed E-state index contributed by atoms with van der Waals surface area (Å²) >= 11 is 0. The summed E-state index contributed by atoms with van der Waals surface area (Å²) in [5, 5.41) is 9.98. The van der Waals surface area contributed by atoms with E-state index in [-0.39, 0.29) is 12.7 Å². The van der Waals surface area contributed by atoms with Gasteiger partial charge in [0.05, 0.1) is 39.6 Å². The molecule has 10 nitrogen and oxygen atoms in total. The molecule has 10 heteroatoms. The largest absolute Gasteiger partial charge is 0.494 e. The average Bonchev–Trinajstić information content (AvgIpc) is 4.12. The van der Waals surface area contributed by atoms with Gasteiger partial charge in [0.25, 0.3) is 0 Å². The van der Waals surface area contributed by atoms with Crippen LogP contribution in [0.25, 0.3) is 11.1 Å². The number of epoxide rings is 2. The molecule has 2 aliphatic heterocycles. The van der Waals surface area contributed by atoms with Crippen LogP contribution in [0.3, 0.4) is 0 Å². The van der Waals surface area contributed by atoms with Gasteiger partial charge in [-0.1, -0.05) is 43.3 Å². The van der Waals surface area contributed by atoms with Crippen LogP contribution in [0, 0.1) is 0 Å². The number of hydrogen-bond donors (Lipinski definition) is 1. The third-order valence-electron chi connectivity index (χ3n) is 9.50. The first-order valence-corrected chi connectivity index (χ1v) is 18.3. The van der Waals surface area contributed by atoms with E-state index in [1.54, 1.807) is 0 Å². The van der Waals surface area contributed by atoms with Crippen LogP contribution in [0.4, 0.5) is 0 Å². The van der Waals surface area contributed by atoms with Crippen molar-refractivity contribution in [2.75, 3.05) is 59.6 Å². The minimum Gasteiger partial charge on any atom is -0.494 e. The van der Waals surface area contributed by atoms with Gasteiger partial charge in [-0.25, -0.2) is 4.89 Å². The maximum Gasteiger partial charge on any atom is 0.230 e. The lowest BCUT2D eigenvalue weighted by Gasteiger charge is -2.17. The zero-order valence-electron chi connectivity index (χ0n) is 29.7. The van der Waals surface area contributed by atoms with Crippen molar-refractivity contribution in [1.29, 1.82) is 0 Å². The average molecular weight is 713 g/mol. The van der Waals surface area contributed by atoms with E-state index in [9.17, 15) is 5.26 Å². The first-order valence-electron chi connectivity index (χ1n) is 18.3. The fourth-order valence-corrected chi connectivity index (χ4v) is 6.35. The molecule has 4 aromatic carbocycles. The molecule has 7 rings (SSSR count). The van der Waals surface area contributed by atoms with Crippen LogP contribution >= 0.6 is 0 Å². The van der Waals surface area contributed by atoms with E-state index in [1.165, 1.54) is 22.3 Å². The van der Waals surface area contributed by atoms with Crippen molar-refractivity contribution in [2.24, 2.45) is 0 Å². The van der Waals surface area contributed by atoms with Crippen LogP contribution in [0.2, 0.25) is 0 Å². The number of benzene rings is 4. The van der Waals surface area contributed by atoms with Crippen LogP contribution in [0.5, 0.6) is 23.0 Å². The number of rotatable bonds is 23. The fraction of sp³-hybridized carbons (Fsp3) is 0.429. The first kappa shape index (κ1) is 36.2. The van der Waals surface area contributed by atoms with E-state index in [0.29, 0.717) is 51.0 Å². The molecule has 0 saturated carbocycles. The molecule has 1 aliphatic carbocycles. The molecule has 276 valence electrons. The summed E-state index contributed by atoms with van der Waals surface area (Å²) in [4.78, 5) is 5.03. The van der Waals surface area contributed by atoms with Gasteiger partial charge in [-0.2, -0.15) is 0 Å². The number of hydrogen-bond acceptors (Lipinski definition) is 10. The number of unbranched alkanes of at least 4 members (excludes halogenated alkanes) is 2. The molecule has 4 unspecified atom stereocenters. The van der Waals surface area contributed by atoms with Crippen LogP contribution in [0.1, 0.15) is 66.9 Å². The Morgan fingerprint density at radius 3 is 1.62 bits per heavy atom. The normalized spacial score (nSPS) is 18.7. The first-order chi connectivity index (χ1) is 25.6. The van der Waals surface area contributed by atoms with E-state index in [0.717, 1.165) is 73.9 Å². The van der Waals surface area contributed by atoms with Crippen molar-refractivity contribution in [2.45, 2.75) is 56.8 Å². The molecule has 4 aromatic rings. The lowest BCUT2D eigenvalue weighted by atomic mass is 9.94. The Bertz CT molecular complexity index is 1700. The summed E-state index contributed by atoms with van der Waals surface area (Å²) in [6.45, 7) is 8.00. The molecule has 0 radical (unpaired) electrons. The van der Waals surface area contributed by atoms with Crippen molar-refractivity contribution >= 4 is 0 Å². The third kappa shape index (κ3) is 10.0. The molecule has 4 atom stereocenters. The van der Waals surface area contributed by atoms with Crippen LogP contribution in [0.15, 0.2) is 84.9 Å². The maximum absolute atomic E-state index is 9.98. The smallest absolute Gasteiger partial charge is 0.230 e. The summed E-state index contributed by atoms with van der Waals surface area (Å²) in [6, 6.07) is 27.7. The standard InChI is InChI=1S/C42H48O10/c1-29-40-22-31(42(52-43)30-6-9-32(10-7-30)46-20-4-2-18-44-24-36-26-48-36)8-16-38(40)39-17-15-35(23-41(29)39)51-28-50-34-13-11-33(12-14-34)47-21-5-3-19-45-25-37-27-49-37/h6-17,22-23,29,36-37,42-43H,2-5,18-21,24-28H2,1H3. The minimum absolute atomic E-state index is 0.0845. The van der Waals surface area contributed by atoms with Gasteiger partial charge in [-0.15, -0.1) is 0 Å². The Morgan fingerprint density at radius 1 is 0.577 bits per heavy atom. The quantitative estimate of drug-likeness (QED) is 0.0267. The van der Waals surface area contributed by atoms with Crippen molar-refractivity contribution in [3.8, 4) is 34.1 Å². The molecule has 0 amide bonds. The maximum atomic E-state index is 9.98. The zero-order valence-corrected chi connectivity index (χ0v) is 29.7. The van der Waals surface area contributed by atoms with Crippen molar-refractivity contribution in [3.63, 3.8) is 0 Å². The van der Waals surface area contributed by atoms with Crippen LogP contribution < -0.4 is 18.9 Å². The number of fused-ring (bicyclic) bond motifs is 3. The molecule has 52 heavy (non-hydrogen) atoms. The molecule has 0 aromatic heterocycles. The lowest BCUT2D eigenvalue weighted by molar-refractivity contribution is -0.270. The molecular formula is C42H48O10. The van der Waals surface area contributed by atoms with Gasteiger partial charge in [-0.05, 0) is 108 Å². The molecule has 0 bridgehead atoms. The van der Waals surface area contributed by atoms with Gasteiger partial charge in [0, 0.05) is 19.1 Å². The van der Waals surface area contributed by atoms with Crippen molar-refractivity contribution in [3.05, 3.63) is 107 Å². The topological polar surface area (TPSA) is 110 Å². The van der Waals surface area contributed by atoms with Gasteiger partial charge in [0.15, 0.2) is 0 Å². The molecule has 2 heterocycles. The van der Waals surface area contributed by atoms with E-state index >= 15 is 0 Å². The van der Waals surface area contributed by atoms with Gasteiger partial charge < -0.3 is 37.9 Å². The van der Waals surface area contributed by atoms with E-state index in [1.807, 2.05) is 60.7 Å². The second-order valence-electron chi connectivity index (χ2n) is 13.4. The minimum atomic E-state index is -0.628. The molecule has 2 fully saturated rings. The third-order valence-corrected chi connectivity index (χ3v) is 9.50. The predicted octanol–water partition coefficient (Wildman–Crippen LogP) is 7.96. The highest BCUT2D eigenvalue weighted by atomic mass is 17.1. The summed E-state index contributed by atoms with van der Waals surface area (Å²) in [6.07, 6.45) is 3.73. The summed E-state index contributed by atoms with van der Waals surface area (Å²) < 4.78 is 45.0. The Hall–Kier alpha value is -4.16. The monoisotopic (exact) mass is 712 g/mol. The lowest BCUT2D eigenvalue weighted by Crippen LogP contribution is -2.06. The van der Waals surface area contributed by atoms with E-state index in [2.05, 4.69) is 31.2 Å². The second kappa shape index (κ2) is 18.1. The van der Waals surface area contributed by atoms with Crippen LogP contribution in [-0.4, -0.2) is 77.1 Å². The zero-order chi connectivity index (χ0) is 35.5. The molecule has 0 spiro atoms. The number of ether oxygens (including phenoxy) is 8. The van der Waals surface area contributed by atoms with Crippen molar-refractivity contribution in [1.82, 2.24) is 0 Å². The Balaban J connectivity index is 0.859. The second-order valence-corrected chi connectivity index (χ2v) is 13.4. The molecular weight excluding hydrogens is 664 g/mol. The van der Waals surface area contributed by atoms with E-state index in [4.69, 9.17) is 42.8 Å². The highest BCUT2D eigenvalue weighted by Gasteiger charge is 2.28. The Kier molecular flexibility index (Phi) is 12.6. The van der Waals surface area contributed by atoms with Gasteiger partial charge in [-0.3, -0.25) is 5.26 Å². The van der Waals surface area contributed by atoms with E-state index < -0.39 is 6.10 Å². The summed E-state index contributed by atoms with van der Waals surface area (Å²) in [5.41, 5.74) is 6.40. The van der Waals surface area contributed by atoms with Gasteiger partial charge in [0.1, 0.15) is 41.3 Å². The fourth-order valence-electron chi connectivity index (χ4n) is 6.35. The molecule has 3 aliphatic rings. The Labute approximate surface area is 305 Å².